The van der Waals surface area contributed by atoms with Crippen LogP contribution in [0.2, 0.25) is 0 Å². The molecule has 1 aromatic rings. The Bertz CT molecular complexity index is 1550. The minimum absolute atomic E-state index is 0.00449. The second kappa shape index (κ2) is 24.7. The van der Waals surface area contributed by atoms with E-state index >= 15 is 0 Å². The summed E-state index contributed by atoms with van der Waals surface area (Å²) in [6.45, 7) is -0.354. The van der Waals surface area contributed by atoms with Crippen LogP contribution in [0, 0.1) is 0 Å². The number of amides is 6. The van der Waals surface area contributed by atoms with E-state index < -0.39 is 103 Å². The first-order valence-electron chi connectivity index (χ1n) is 17.0. The van der Waals surface area contributed by atoms with E-state index in [1.165, 1.54) is 0 Å². The van der Waals surface area contributed by atoms with E-state index in [0.29, 0.717) is 5.56 Å². The maximum Gasteiger partial charge on any atom is 0.326 e. The third kappa shape index (κ3) is 19.8. The number of nitrogens with two attached hydrogens (primary N) is 6. The van der Waals surface area contributed by atoms with E-state index in [0.717, 1.165) is 0 Å². The first-order valence-corrected chi connectivity index (χ1v) is 17.0. The van der Waals surface area contributed by atoms with Crippen LogP contribution in [-0.4, -0.2) is 119 Å². The van der Waals surface area contributed by atoms with E-state index in [9.17, 15) is 48.6 Å². The molecule has 304 valence electrons. The van der Waals surface area contributed by atoms with Crippen molar-refractivity contribution in [3.8, 4) is 0 Å². The average molecular weight is 778 g/mol. The maximum absolute atomic E-state index is 13.9. The van der Waals surface area contributed by atoms with Crippen LogP contribution in [0.4, 0.5) is 0 Å². The number of hydrogen-bond donors (Lipinski definition) is 13. The minimum Gasteiger partial charge on any atom is -0.481 e. The molecule has 0 aliphatic rings. The Morgan fingerprint density at radius 2 is 1.04 bits per heavy atom. The molecule has 19 N–H and O–H groups in total. The fourth-order valence-electron chi connectivity index (χ4n) is 4.88. The Hall–Kier alpha value is -6.52. The summed E-state index contributed by atoms with van der Waals surface area (Å²) in [5, 5.41) is 30.9. The molecule has 23 heteroatoms. The van der Waals surface area contributed by atoms with Crippen molar-refractivity contribution >= 4 is 59.3 Å². The largest absolute Gasteiger partial charge is 0.481 e. The lowest BCUT2D eigenvalue weighted by molar-refractivity contribution is -0.144. The molecule has 0 aliphatic heterocycles. The quantitative estimate of drug-likeness (QED) is 0.0237. The number of hydrogen-bond acceptors (Lipinski definition) is 11. The molecule has 0 spiro atoms. The predicted octanol–water partition coefficient (Wildman–Crippen LogP) is -5.46. The van der Waals surface area contributed by atoms with Gasteiger partial charge in [-0.2, -0.15) is 0 Å². The Balaban J connectivity index is 3.45. The van der Waals surface area contributed by atoms with Crippen LogP contribution in [0.25, 0.3) is 0 Å². The van der Waals surface area contributed by atoms with Crippen LogP contribution in [0.5, 0.6) is 0 Å². The molecule has 55 heavy (non-hydrogen) atoms. The van der Waals surface area contributed by atoms with Crippen LogP contribution in [-0.2, 0) is 44.8 Å². The second-order valence-corrected chi connectivity index (χ2v) is 12.1. The highest BCUT2D eigenvalue weighted by Gasteiger charge is 2.33. The smallest absolute Gasteiger partial charge is 0.326 e. The van der Waals surface area contributed by atoms with Gasteiger partial charge in [0.15, 0.2) is 11.9 Å². The van der Waals surface area contributed by atoms with Gasteiger partial charge in [-0.1, -0.05) is 30.3 Å². The van der Waals surface area contributed by atoms with Gasteiger partial charge in [0.05, 0.1) is 13.0 Å². The van der Waals surface area contributed by atoms with Gasteiger partial charge in [-0.05, 0) is 37.7 Å². The third-order valence-corrected chi connectivity index (χ3v) is 7.58. The lowest BCUT2D eigenvalue weighted by Gasteiger charge is -2.27. The zero-order valence-corrected chi connectivity index (χ0v) is 30.1. The summed E-state index contributed by atoms with van der Waals surface area (Å²) in [5.74, 6) is -8.83. The van der Waals surface area contributed by atoms with E-state index in [-0.39, 0.29) is 57.1 Å². The molecule has 0 saturated carbocycles. The summed E-state index contributed by atoms with van der Waals surface area (Å²) in [7, 11) is 0. The van der Waals surface area contributed by atoms with Crippen LogP contribution < -0.4 is 61.0 Å². The number of rotatable bonds is 26. The molecule has 0 aliphatic carbocycles. The molecule has 5 atom stereocenters. The third-order valence-electron chi connectivity index (χ3n) is 7.58. The number of aliphatic imine (C=N–C) groups is 2. The first-order chi connectivity index (χ1) is 25.9. The highest BCUT2D eigenvalue weighted by Crippen LogP contribution is 2.09. The lowest BCUT2D eigenvalue weighted by Crippen LogP contribution is -2.59. The summed E-state index contributed by atoms with van der Waals surface area (Å²) in [5.41, 5.74) is 32.5. The number of nitrogens with zero attached hydrogens (tertiary/aromatic N) is 2. The lowest BCUT2D eigenvalue weighted by atomic mass is 10.0. The van der Waals surface area contributed by atoms with Gasteiger partial charge in [0.2, 0.25) is 35.4 Å². The molecular formula is C32H51N13O10. The number of carboxylic acids is 2. The molecular weight excluding hydrogens is 726 g/mol. The van der Waals surface area contributed by atoms with E-state index in [1.54, 1.807) is 30.3 Å². The Kier molecular flexibility index (Phi) is 20.9. The van der Waals surface area contributed by atoms with Crippen molar-refractivity contribution in [2.75, 3.05) is 19.6 Å². The number of nitrogens with one attached hydrogen (secondary N) is 5. The van der Waals surface area contributed by atoms with Crippen molar-refractivity contribution in [2.24, 2.45) is 44.4 Å². The van der Waals surface area contributed by atoms with Gasteiger partial charge in [-0.15, -0.1) is 0 Å². The highest BCUT2D eigenvalue weighted by atomic mass is 16.4. The minimum atomic E-state index is -1.73. The fraction of sp³-hybridized carbons (Fsp3) is 0.500. The molecule has 1 rings (SSSR count). The van der Waals surface area contributed by atoms with Crippen molar-refractivity contribution in [3.63, 3.8) is 0 Å². The Morgan fingerprint density at radius 1 is 0.600 bits per heavy atom. The molecule has 0 fully saturated rings. The molecule has 0 heterocycles. The molecule has 0 aromatic heterocycles. The zero-order valence-electron chi connectivity index (χ0n) is 30.1. The van der Waals surface area contributed by atoms with Gasteiger partial charge in [0.1, 0.15) is 30.2 Å². The molecule has 6 amide bonds. The van der Waals surface area contributed by atoms with Gasteiger partial charge in [0, 0.05) is 25.9 Å². The van der Waals surface area contributed by atoms with E-state index in [4.69, 9.17) is 34.4 Å². The number of guanidine groups is 2. The van der Waals surface area contributed by atoms with Gasteiger partial charge in [0.25, 0.3) is 0 Å². The Labute approximate surface area is 315 Å². The molecule has 0 unspecified atom stereocenters. The number of primary amides is 1. The topological polar surface area (TPSA) is 418 Å². The number of carbonyl (C=O) groups excluding carboxylic acids is 6. The maximum atomic E-state index is 13.9. The normalized spacial score (nSPS) is 13.3. The van der Waals surface area contributed by atoms with E-state index in [2.05, 4.69) is 36.6 Å². The predicted molar refractivity (Wildman–Crippen MR) is 197 cm³/mol. The number of carbonyl (C=O) groups is 8. The standard InChI is InChI=1S/C32H51N13O10/c33-16-24(47)41-18(8-4-12-39-31(35)36)26(50)43-20(10-11-25(48)49)28(52)44-21(14-17-6-2-1-3-7-17)29(53)42-19(9-5-13-40-32(37)38)27(51)45-22(30(54)55)15-23(34)46/h1-3,6-7,18-22H,4-5,8-16,33H2,(H2,34,46)(H,41,47)(H,42,53)(H,43,50)(H,44,52)(H,45,51)(H,48,49)(H,54,55)(H4,35,36,39)(H4,37,38,40)/t18-,19-,20-,21-,22-/m0/s1. The van der Waals surface area contributed by atoms with Crippen molar-refractivity contribution in [1.29, 1.82) is 0 Å². The number of benzene rings is 1. The van der Waals surface area contributed by atoms with Crippen LogP contribution in [0.3, 0.4) is 0 Å². The van der Waals surface area contributed by atoms with Crippen molar-refractivity contribution in [1.82, 2.24) is 26.6 Å². The van der Waals surface area contributed by atoms with Gasteiger partial charge < -0.3 is 71.2 Å². The average Bonchev–Trinajstić information content (AvgIpc) is 3.11. The summed E-state index contributed by atoms with van der Waals surface area (Å²) in [6, 6.07) is 0.891. The number of carboxylic acid groups (broad SMARTS) is 2. The fourth-order valence-corrected chi connectivity index (χ4v) is 4.88. The molecule has 0 saturated heterocycles. The zero-order chi connectivity index (χ0) is 41.5. The summed E-state index contributed by atoms with van der Waals surface area (Å²) >= 11 is 0. The summed E-state index contributed by atoms with van der Waals surface area (Å²) in [4.78, 5) is 109. The summed E-state index contributed by atoms with van der Waals surface area (Å²) in [6.07, 6.45) is -1.77. The van der Waals surface area contributed by atoms with Crippen molar-refractivity contribution in [2.45, 2.75) is 81.6 Å². The second-order valence-electron chi connectivity index (χ2n) is 12.1. The first kappa shape index (κ1) is 46.5. The molecule has 23 nitrogen and oxygen atoms in total. The summed E-state index contributed by atoms with van der Waals surface area (Å²) < 4.78 is 0. The van der Waals surface area contributed by atoms with Crippen LogP contribution >= 0.6 is 0 Å². The SMILES string of the molecule is NCC(=O)N[C@@H](CCCN=C(N)N)C(=O)N[C@@H](CCC(=O)O)C(=O)N[C@@H](Cc1ccccc1)C(=O)N[C@@H](CCCN=C(N)N)C(=O)N[C@@H](CC(N)=O)C(=O)O. The molecule has 0 bridgehead atoms. The highest BCUT2D eigenvalue weighted by molar-refractivity contribution is 5.96. The van der Waals surface area contributed by atoms with Gasteiger partial charge in [-0.25, -0.2) is 4.79 Å². The number of aliphatic carboxylic acids is 2. The van der Waals surface area contributed by atoms with Gasteiger partial charge in [-0.3, -0.25) is 43.5 Å². The Morgan fingerprint density at radius 3 is 1.47 bits per heavy atom. The van der Waals surface area contributed by atoms with E-state index in [1.807, 2.05) is 0 Å². The monoisotopic (exact) mass is 777 g/mol. The van der Waals surface area contributed by atoms with Crippen LogP contribution in [0.1, 0.15) is 50.5 Å². The molecule has 1 aromatic carbocycles. The van der Waals surface area contributed by atoms with Crippen molar-refractivity contribution in [3.05, 3.63) is 35.9 Å². The van der Waals surface area contributed by atoms with Gasteiger partial charge >= 0.3 is 11.9 Å². The van der Waals surface area contributed by atoms with Crippen molar-refractivity contribution < 1.29 is 48.6 Å². The molecule has 0 radical (unpaired) electrons. The van der Waals surface area contributed by atoms with Crippen LogP contribution in [0.15, 0.2) is 40.3 Å².